The number of halogens is 4. The van der Waals surface area contributed by atoms with Crippen molar-refractivity contribution in [3.63, 3.8) is 0 Å². The topological polar surface area (TPSA) is 3.24 Å². The van der Waals surface area contributed by atoms with E-state index in [9.17, 15) is 13.2 Å². The molecule has 29 heavy (non-hydrogen) atoms. The van der Waals surface area contributed by atoms with Gasteiger partial charge in [0.15, 0.2) is 0 Å². The van der Waals surface area contributed by atoms with Crippen LogP contribution in [0.5, 0.6) is 0 Å². The largest absolute Gasteiger partial charge is 0.416 e. The van der Waals surface area contributed by atoms with Gasteiger partial charge in [0.1, 0.15) is 0 Å². The zero-order valence-corrected chi connectivity index (χ0v) is 17.7. The summed E-state index contributed by atoms with van der Waals surface area (Å²) in [7, 11) is 0. The molecule has 4 rings (SSSR count). The van der Waals surface area contributed by atoms with Crippen LogP contribution in [-0.4, -0.2) is 6.54 Å². The Hall–Kier alpha value is -2.18. The molecule has 0 spiro atoms. The molecule has 6 heteroatoms. The van der Waals surface area contributed by atoms with Crippen molar-refractivity contribution in [1.82, 2.24) is 0 Å². The molecule has 0 aromatic heterocycles. The molecule has 1 nitrogen and oxygen atoms in total. The summed E-state index contributed by atoms with van der Waals surface area (Å²) < 4.78 is 39.3. The van der Waals surface area contributed by atoms with E-state index in [0.29, 0.717) is 16.7 Å². The lowest BCUT2D eigenvalue weighted by molar-refractivity contribution is -0.137. The third-order valence-corrected chi connectivity index (χ3v) is 6.39. The van der Waals surface area contributed by atoms with Gasteiger partial charge in [-0.25, -0.2) is 0 Å². The number of thioether (sulfide) groups is 1. The monoisotopic (exact) mass is 475 g/mol. The quantitative estimate of drug-likeness (QED) is 0.352. The minimum atomic E-state index is -4.36. The summed E-state index contributed by atoms with van der Waals surface area (Å²) in [5, 5.41) is 0. The Morgan fingerprint density at radius 3 is 2.41 bits per heavy atom. The molecule has 1 aliphatic rings. The van der Waals surface area contributed by atoms with E-state index >= 15 is 0 Å². The summed E-state index contributed by atoms with van der Waals surface area (Å²) in [5.74, 6) is 0.886. The first-order chi connectivity index (χ1) is 13.9. The lowest BCUT2D eigenvalue weighted by atomic mass is 10.1. The van der Waals surface area contributed by atoms with Crippen LogP contribution < -0.4 is 4.90 Å². The van der Waals surface area contributed by atoms with Crippen LogP contribution in [0.3, 0.4) is 0 Å². The predicted octanol–water partition coefficient (Wildman–Crippen LogP) is 7.93. The van der Waals surface area contributed by atoms with Crippen molar-refractivity contribution in [2.75, 3.05) is 11.4 Å². The van der Waals surface area contributed by atoms with E-state index in [-0.39, 0.29) is 0 Å². The number of hydrogen-bond donors (Lipinski definition) is 0. The second kappa shape index (κ2) is 8.28. The Balaban J connectivity index is 1.58. The third kappa shape index (κ3) is 4.54. The van der Waals surface area contributed by atoms with E-state index in [1.54, 1.807) is 11.8 Å². The van der Waals surface area contributed by atoms with E-state index in [1.807, 2.05) is 35.2 Å². The van der Waals surface area contributed by atoms with Gasteiger partial charge in [-0.15, -0.1) is 11.8 Å². The number of rotatable bonds is 4. The second-order valence-corrected chi connectivity index (χ2v) is 8.57. The zero-order chi connectivity index (χ0) is 20.4. The van der Waals surface area contributed by atoms with Crippen molar-refractivity contribution in [2.24, 2.45) is 0 Å². The Labute approximate surface area is 180 Å². The number of benzene rings is 3. The number of fused-ring (bicyclic) bond motifs is 1. The van der Waals surface area contributed by atoms with E-state index in [2.05, 4.69) is 46.3 Å². The van der Waals surface area contributed by atoms with Crippen molar-refractivity contribution < 1.29 is 13.2 Å². The summed E-state index contributed by atoms with van der Waals surface area (Å²) in [6.07, 6.45) is -0.264. The van der Waals surface area contributed by atoms with Crippen molar-refractivity contribution in [2.45, 2.75) is 16.8 Å². The highest BCUT2D eigenvalue weighted by molar-refractivity contribution is 9.10. The fourth-order valence-electron chi connectivity index (χ4n) is 3.26. The molecule has 0 fully saturated rings. The van der Waals surface area contributed by atoms with Crippen LogP contribution in [0.1, 0.15) is 16.7 Å². The molecule has 0 radical (unpaired) electrons. The Bertz CT molecular complexity index is 1050. The highest BCUT2D eigenvalue weighted by atomic mass is 79.9. The van der Waals surface area contributed by atoms with Crippen LogP contribution in [0.4, 0.5) is 24.5 Å². The predicted molar refractivity (Wildman–Crippen MR) is 118 cm³/mol. The molecule has 0 unspecified atom stereocenters. The normalized spacial score (nSPS) is 13.4. The van der Waals surface area contributed by atoms with Gasteiger partial charge in [-0.05, 0) is 63.5 Å². The Kier molecular flexibility index (Phi) is 5.74. The lowest BCUT2D eigenvalue weighted by Crippen LogP contribution is -2.21. The van der Waals surface area contributed by atoms with Crippen LogP contribution in [0.25, 0.3) is 6.08 Å². The van der Waals surface area contributed by atoms with Crippen LogP contribution in [0, 0.1) is 0 Å². The van der Waals surface area contributed by atoms with E-state index in [1.165, 1.54) is 11.6 Å². The SMILES string of the molecule is FC(F)(F)c1ccc(N2CC=Cc3cc(SCc4ccccc4)ccc32)c(Br)c1. The van der Waals surface area contributed by atoms with E-state index < -0.39 is 11.7 Å². The number of alkyl halides is 3. The van der Waals surface area contributed by atoms with Gasteiger partial charge < -0.3 is 4.90 Å². The molecule has 1 aliphatic heterocycles. The molecule has 0 atom stereocenters. The zero-order valence-electron chi connectivity index (χ0n) is 15.3. The molecule has 3 aromatic carbocycles. The number of anilines is 2. The maximum atomic E-state index is 13.0. The van der Waals surface area contributed by atoms with Gasteiger partial charge >= 0.3 is 6.18 Å². The highest BCUT2D eigenvalue weighted by Crippen LogP contribution is 2.41. The molecular formula is C23H17BrF3NS. The maximum absolute atomic E-state index is 13.0. The van der Waals surface area contributed by atoms with Gasteiger partial charge in [-0.2, -0.15) is 13.2 Å². The standard InChI is InChI=1S/C23H17BrF3NS/c24-20-14-18(23(25,26)27)8-10-22(20)28-12-4-7-17-13-19(9-11-21(17)28)29-15-16-5-2-1-3-6-16/h1-11,13-14H,12,15H2. The van der Waals surface area contributed by atoms with Gasteiger partial charge in [-0.1, -0.05) is 42.5 Å². The van der Waals surface area contributed by atoms with Crippen molar-refractivity contribution in [3.8, 4) is 0 Å². The lowest BCUT2D eigenvalue weighted by Gasteiger charge is -2.29. The van der Waals surface area contributed by atoms with Crippen molar-refractivity contribution >= 4 is 45.1 Å². The van der Waals surface area contributed by atoms with Crippen LogP contribution in [0.2, 0.25) is 0 Å². The summed E-state index contributed by atoms with van der Waals surface area (Å²) in [6, 6.07) is 20.3. The first-order valence-corrected chi connectivity index (χ1v) is 10.8. The van der Waals surface area contributed by atoms with Gasteiger partial charge in [0.05, 0.1) is 11.3 Å². The third-order valence-electron chi connectivity index (χ3n) is 4.69. The summed E-state index contributed by atoms with van der Waals surface area (Å²) in [5.41, 5.74) is 3.36. The highest BCUT2D eigenvalue weighted by Gasteiger charge is 2.31. The summed E-state index contributed by atoms with van der Waals surface area (Å²) in [6.45, 7) is 0.605. The second-order valence-electron chi connectivity index (χ2n) is 6.67. The van der Waals surface area contributed by atoms with Crippen molar-refractivity contribution in [3.05, 3.63) is 94.0 Å². The minimum absolute atomic E-state index is 0.427. The van der Waals surface area contributed by atoms with E-state index in [4.69, 9.17) is 0 Å². The molecule has 0 bridgehead atoms. The Morgan fingerprint density at radius 1 is 0.931 bits per heavy atom. The first kappa shape index (κ1) is 20.1. The molecule has 3 aromatic rings. The van der Waals surface area contributed by atoms with Gasteiger partial charge in [0, 0.05) is 27.4 Å². The van der Waals surface area contributed by atoms with Crippen LogP contribution >= 0.6 is 27.7 Å². The van der Waals surface area contributed by atoms with Gasteiger partial charge in [-0.3, -0.25) is 0 Å². The maximum Gasteiger partial charge on any atom is 0.416 e. The molecule has 0 amide bonds. The summed E-state index contributed by atoms with van der Waals surface area (Å²) in [4.78, 5) is 3.18. The van der Waals surface area contributed by atoms with Crippen molar-refractivity contribution in [1.29, 1.82) is 0 Å². The van der Waals surface area contributed by atoms with Crippen LogP contribution in [-0.2, 0) is 11.9 Å². The fourth-order valence-corrected chi connectivity index (χ4v) is 4.75. The molecule has 148 valence electrons. The Morgan fingerprint density at radius 2 is 1.69 bits per heavy atom. The number of nitrogens with zero attached hydrogens (tertiary/aromatic N) is 1. The number of hydrogen-bond acceptors (Lipinski definition) is 2. The van der Waals surface area contributed by atoms with E-state index in [0.717, 1.165) is 34.0 Å². The van der Waals surface area contributed by atoms with Crippen LogP contribution in [0.15, 0.2) is 82.2 Å². The first-order valence-electron chi connectivity index (χ1n) is 9.03. The van der Waals surface area contributed by atoms with Gasteiger partial charge in [0.2, 0.25) is 0 Å². The summed E-state index contributed by atoms with van der Waals surface area (Å²) >= 11 is 5.09. The average Bonchev–Trinajstić information content (AvgIpc) is 2.72. The molecule has 0 saturated carbocycles. The molecule has 0 N–H and O–H groups in total. The molecule has 0 aliphatic carbocycles. The fraction of sp³-hybridized carbons (Fsp3) is 0.130. The molecular weight excluding hydrogens is 459 g/mol. The molecule has 1 heterocycles. The average molecular weight is 476 g/mol. The van der Waals surface area contributed by atoms with Gasteiger partial charge in [0.25, 0.3) is 0 Å². The smallest absolute Gasteiger partial charge is 0.336 e. The molecule has 0 saturated heterocycles. The minimum Gasteiger partial charge on any atom is -0.336 e.